The molecule has 29 heavy (non-hydrogen) atoms. The molecule has 2 aromatic rings. The summed E-state index contributed by atoms with van der Waals surface area (Å²) in [6, 6.07) is 0. The van der Waals surface area contributed by atoms with Gasteiger partial charge in [-0.3, -0.25) is 9.38 Å². The predicted molar refractivity (Wildman–Crippen MR) is 91.2 cm³/mol. The van der Waals surface area contributed by atoms with Crippen LogP contribution in [0.3, 0.4) is 0 Å². The summed E-state index contributed by atoms with van der Waals surface area (Å²) in [5, 5.41) is 3.07. The van der Waals surface area contributed by atoms with Crippen molar-refractivity contribution in [2.45, 2.75) is 36.7 Å². The standard InChI is InChI=1S/C16H12ClF6N5O/c1-8(3-4-12(24-2)29-10-5-14(18,19)15(10,20)21)9-7-28-11(6-25-9)26-27-13(28)16(17,22)23/h3-4,6-7,10H,2,5H2,1H3/b8-3+,12-4+. The molecule has 0 saturated heterocycles. The maximum absolute atomic E-state index is 13.4. The van der Waals surface area contributed by atoms with E-state index in [0.29, 0.717) is 5.57 Å². The highest BCUT2D eigenvalue weighted by atomic mass is 35.5. The molecular weight excluding hydrogens is 428 g/mol. The lowest BCUT2D eigenvalue weighted by atomic mass is 9.85. The molecule has 1 atom stereocenters. The minimum atomic E-state index is -4.32. The maximum Gasteiger partial charge on any atom is 0.382 e. The van der Waals surface area contributed by atoms with Crippen LogP contribution in [0.1, 0.15) is 24.9 Å². The molecule has 13 heteroatoms. The summed E-state index contributed by atoms with van der Waals surface area (Å²) in [6.07, 6.45) is 1.61. The molecule has 0 aromatic carbocycles. The van der Waals surface area contributed by atoms with Gasteiger partial charge in [-0.15, -0.1) is 10.2 Å². The second-order valence-electron chi connectivity index (χ2n) is 6.17. The van der Waals surface area contributed by atoms with Gasteiger partial charge < -0.3 is 4.74 Å². The van der Waals surface area contributed by atoms with E-state index in [-0.39, 0.29) is 11.3 Å². The molecule has 0 amide bonds. The van der Waals surface area contributed by atoms with Crippen molar-refractivity contribution in [2.75, 3.05) is 0 Å². The fraction of sp³-hybridized carbons (Fsp3) is 0.375. The Balaban J connectivity index is 1.83. The fourth-order valence-electron chi connectivity index (χ4n) is 2.47. The molecule has 0 bridgehead atoms. The first-order valence-corrected chi connectivity index (χ1v) is 8.30. The zero-order chi connectivity index (χ0) is 21.6. The molecule has 1 fully saturated rings. The number of ether oxygens (including phenoxy) is 1. The largest absolute Gasteiger partial charge is 0.467 e. The molecule has 0 aliphatic heterocycles. The van der Waals surface area contributed by atoms with Crippen LogP contribution in [-0.4, -0.2) is 44.2 Å². The monoisotopic (exact) mass is 439 g/mol. The third-order valence-corrected chi connectivity index (χ3v) is 4.35. The van der Waals surface area contributed by atoms with Crippen LogP contribution >= 0.6 is 11.6 Å². The van der Waals surface area contributed by atoms with Crippen LogP contribution in [-0.2, 0) is 10.1 Å². The second-order valence-corrected chi connectivity index (χ2v) is 6.65. The van der Waals surface area contributed by atoms with Crippen molar-refractivity contribution in [1.82, 2.24) is 19.6 Å². The highest BCUT2D eigenvalue weighted by Crippen LogP contribution is 2.53. The SMILES string of the molecule is C=N/C(=C\C=C(/C)c1cn2c(C(F)(F)Cl)nnc2cn1)OC1CC(F)(F)C1(F)F. The zero-order valence-electron chi connectivity index (χ0n) is 14.6. The molecule has 0 radical (unpaired) electrons. The zero-order valence-corrected chi connectivity index (χ0v) is 15.3. The summed E-state index contributed by atoms with van der Waals surface area (Å²) in [6.45, 7) is 4.67. The molecular formula is C16H12ClF6N5O. The Morgan fingerprint density at radius 2 is 2.03 bits per heavy atom. The Labute approximate surface area is 164 Å². The normalized spacial score (nSPS) is 21.7. The number of allylic oxidation sites excluding steroid dienone is 3. The molecule has 1 saturated carbocycles. The van der Waals surface area contributed by atoms with E-state index < -0.39 is 41.5 Å². The Bertz CT molecular complexity index is 1010. The molecule has 1 unspecified atom stereocenters. The van der Waals surface area contributed by atoms with E-state index in [1.54, 1.807) is 0 Å². The van der Waals surface area contributed by atoms with E-state index >= 15 is 0 Å². The summed E-state index contributed by atoms with van der Waals surface area (Å²) in [5.74, 6) is -9.69. The topological polar surface area (TPSA) is 64.7 Å². The van der Waals surface area contributed by atoms with Gasteiger partial charge in [-0.1, -0.05) is 6.08 Å². The van der Waals surface area contributed by atoms with Crippen LogP contribution in [0.15, 0.2) is 35.4 Å². The van der Waals surface area contributed by atoms with Crippen LogP contribution in [0.5, 0.6) is 0 Å². The second kappa shape index (κ2) is 7.01. The van der Waals surface area contributed by atoms with Crippen molar-refractivity contribution in [2.24, 2.45) is 4.99 Å². The molecule has 1 aliphatic carbocycles. The quantitative estimate of drug-likeness (QED) is 0.220. The van der Waals surface area contributed by atoms with E-state index in [9.17, 15) is 26.3 Å². The Hall–Kier alpha value is -2.63. The third kappa shape index (κ3) is 3.80. The number of fused-ring (bicyclic) bond motifs is 1. The third-order valence-electron chi connectivity index (χ3n) is 4.18. The average molecular weight is 440 g/mol. The Kier molecular flexibility index (Phi) is 5.10. The van der Waals surface area contributed by atoms with Crippen LogP contribution in [0.2, 0.25) is 0 Å². The fourth-order valence-corrected chi connectivity index (χ4v) is 2.60. The maximum atomic E-state index is 13.4. The first-order chi connectivity index (χ1) is 13.4. The van der Waals surface area contributed by atoms with Gasteiger partial charge in [0.25, 0.3) is 0 Å². The molecule has 3 rings (SSSR count). The van der Waals surface area contributed by atoms with Crippen molar-refractivity contribution in [3.05, 3.63) is 41.9 Å². The number of halogens is 7. The summed E-state index contributed by atoms with van der Waals surface area (Å²) in [7, 11) is 0. The van der Waals surface area contributed by atoms with E-state index in [1.807, 2.05) is 0 Å². The van der Waals surface area contributed by atoms with Crippen LogP contribution < -0.4 is 0 Å². The molecule has 156 valence electrons. The first kappa shape index (κ1) is 21.1. The van der Waals surface area contributed by atoms with Gasteiger partial charge >= 0.3 is 17.2 Å². The molecule has 2 heterocycles. The van der Waals surface area contributed by atoms with E-state index in [2.05, 4.69) is 26.9 Å². The number of hydrogen-bond donors (Lipinski definition) is 0. The minimum absolute atomic E-state index is 0.0253. The van der Waals surface area contributed by atoms with E-state index in [0.717, 1.165) is 10.5 Å². The van der Waals surface area contributed by atoms with Crippen LogP contribution in [0.25, 0.3) is 11.2 Å². The Morgan fingerprint density at radius 3 is 2.59 bits per heavy atom. The number of rotatable bonds is 6. The van der Waals surface area contributed by atoms with E-state index in [4.69, 9.17) is 16.3 Å². The highest BCUT2D eigenvalue weighted by Gasteiger charge is 2.73. The molecule has 0 spiro atoms. The van der Waals surface area contributed by atoms with Crippen LogP contribution in [0, 0.1) is 0 Å². The lowest BCUT2D eigenvalue weighted by Crippen LogP contribution is -2.63. The van der Waals surface area contributed by atoms with Crippen LogP contribution in [0.4, 0.5) is 26.3 Å². The average Bonchev–Trinajstić information content (AvgIpc) is 3.07. The van der Waals surface area contributed by atoms with Crippen molar-refractivity contribution in [3.63, 3.8) is 0 Å². The molecule has 1 aliphatic rings. The van der Waals surface area contributed by atoms with Gasteiger partial charge in [0, 0.05) is 12.3 Å². The van der Waals surface area contributed by atoms with Gasteiger partial charge in [-0.2, -0.15) is 26.3 Å². The summed E-state index contributed by atoms with van der Waals surface area (Å²) >= 11 is 4.99. The first-order valence-electron chi connectivity index (χ1n) is 7.93. The number of alkyl halides is 7. The van der Waals surface area contributed by atoms with Crippen molar-refractivity contribution in [3.8, 4) is 0 Å². The smallest absolute Gasteiger partial charge is 0.382 e. The van der Waals surface area contributed by atoms with Gasteiger partial charge in [0.1, 0.15) is 0 Å². The van der Waals surface area contributed by atoms with Gasteiger partial charge in [-0.05, 0) is 30.8 Å². The summed E-state index contributed by atoms with van der Waals surface area (Å²) < 4.78 is 84.9. The van der Waals surface area contributed by atoms with Gasteiger partial charge in [0.15, 0.2) is 11.8 Å². The van der Waals surface area contributed by atoms with Gasteiger partial charge in [0.2, 0.25) is 11.7 Å². The number of aliphatic imine (C=N–C) groups is 1. The van der Waals surface area contributed by atoms with E-state index in [1.165, 1.54) is 25.4 Å². The summed E-state index contributed by atoms with van der Waals surface area (Å²) in [4.78, 5) is 7.40. The molecule has 2 aromatic heterocycles. The summed E-state index contributed by atoms with van der Waals surface area (Å²) in [5.41, 5.74) is 0.594. The number of hydrogen-bond acceptors (Lipinski definition) is 5. The minimum Gasteiger partial charge on any atom is -0.467 e. The van der Waals surface area contributed by atoms with Crippen molar-refractivity contribution in [1.29, 1.82) is 0 Å². The lowest BCUT2D eigenvalue weighted by Gasteiger charge is -2.42. The lowest BCUT2D eigenvalue weighted by molar-refractivity contribution is -0.334. The number of aromatic nitrogens is 4. The van der Waals surface area contributed by atoms with Crippen molar-refractivity contribution >= 4 is 29.5 Å². The van der Waals surface area contributed by atoms with Gasteiger partial charge in [-0.25, -0.2) is 4.99 Å². The predicted octanol–water partition coefficient (Wildman–Crippen LogP) is 4.42. The Morgan fingerprint density at radius 1 is 1.34 bits per heavy atom. The highest BCUT2D eigenvalue weighted by molar-refractivity contribution is 6.21. The number of nitrogens with zero attached hydrogens (tertiary/aromatic N) is 5. The van der Waals surface area contributed by atoms with Gasteiger partial charge in [0.05, 0.1) is 18.3 Å². The van der Waals surface area contributed by atoms with Crippen molar-refractivity contribution < 1.29 is 31.1 Å². The molecule has 0 N–H and O–H groups in total. The molecule has 6 nitrogen and oxygen atoms in total.